The van der Waals surface area contributed by atoms with Crippen molar-refractivity contribution in [3.8, 4) is 0 Å². The van der Waals surface area contributed by atoms with E-state index in [4.69, 9.17) is 5.11 Å². The fourth-order valence-corrected chi connectivity index (χ4v) is 2.72. The zero-order chi connectivity index (χ0) is 16.4. The molecule has 0 saturated carbocycles. The van der Waals surface area contributed by atoms with Crippen LogP contribution in [0.1, 0.15) is 24.4 Å². The molecule has 1 aromatic heterocycles. The highest BCUT2D eigenvalue weighted by Gasteiger charge is 2.32. The first-order valence-electron chi connectivity index (χ1n) is 7.27. The Morgan fingerprint density at radius 1 is 1.26 bits per heavy atom. The maximum absolute atomic E-state index is 12.4. The Balaban J connectivity index is 1.76. The van der Waals surface area contributed by atoms with Gasteiger partial charge in [0.2, 0.25) is 5.91 Å². The minimum Gasteiger partial charge on any atom is -0.465 e. The molecule has 1 N–H and O–H groups in total. The van der Waals surface area contributed by atoms with Crippen LogP contribution in [-0.4, -0.2) is 42.9 Å². The normalized spacial score (nSPS) is 18.2. The van der Waals surface area contributed by atoms with Gasteiger partial charge in [-0.05, 0) is 12.0 Å². The third kappa shape index (κ3) is 3.01. The van der Waals surface area contributed by atoms with E-state index in [-0.39, 0.29) is 18.7 Å². The van der Waals surface area contributed by atoms with E-state index in [0.717, 1.165) is 10.5 Å². The maximum Gasteiger partial charge on any atom is 0.414 e. The summed E-state index contributed by atoms with van der Waals surface area (Å²) in [5.74, 6) is -0.502. The number of likely N-dealkylation sites (tertiary alicyclic amines) is 1. The molecular weight excluding hydrogens is 300 g/mol. The lowest BCUT2D eigenvalue weighted by molar-refractivity contribution is -0.132. The molecule has 1 saturated heterocycles. The van der Waals surface area contributed by atoms with Gasteiger partial charge in [0.25, 0.3) is 0 Å². The first kappa shape index (κ1) is 15.0. The molecule has 2 aromatic rings. The van der Waals surface area contributed by atoms with Crippen LogP contribution in [0.4, 0.5) is 4.79 Å². The third-order valence-corrected chi connectivity index (χ3v) is 3.93. The highest BCUT2D eigenvalue weighted by Crippen LogP contribution is 2.21. The molecule has 8 nitrogen and oxygen atoms in total. The van der Waals surface area contributed by atoms with Crippen LogP contribution in [0, 0.1) is 0 Å². The van der Waals surface area contributed by atoms with Gasteiger partial charge in [0.1, 0.15) is 6.33 Å². The highest BCUT2D eigenvalue weighted by molar-refractivity contribution is 5.91. The molecule has 2 amide bonds. The SMILES string of the molecule is O=C(O)N1CCC(n2ncn(Cc3ccccc3)c2=O)CC1=O. The zero-order valence-corrected chi connectivity index (χ0v) is 12.3. The number of rotatable bonds is 3. The molecule has 1 atom stereocenters. The van der Waals surface area contributed by atoms with Gasteiger partial charge in [-0.15, -0.1) is 0 Å². The van der Waals surface area contributed by atoms with Gasteiger partial charge in [-0.3, -0.25) is 9.36 Å². The fraction of sp³-hybridized carbons (Fsp3) is 0.333. The topological polar surface area (TPSA) is 97.4 Å². The molecule has 1 aliphatic rings. The van der Waals surface area contributed by atoms with E-state index in [1.54, 1.807) is 0 Å². The molecule has 1 aromatic carbocycles. The maximum atomic E-state index is 12.4. The van der Waals surface area contributed by atoms with Gasteiger partial charge >= 0.3 is 11.8 Å². The van der Waals surface area contributed by atoms with Crippen molar-refractivity contribution in [2.45, 2.75) is 25.4 Å². The van der Waals surface area contributed by atoms with E-state index in [2.05, 4.69) is 5.10 Å². The fourth-order valence-electron chi connectivity index (χ4n) is 2.72. The summed E-state index contributed by atoms with van der Waals surface area (Å²) in [6, 6.07) is 9.12. The van der Waals surface area contributed by atoms with Crippen LogP contribution in [0.25, 0.3) is 0 Å². The number of hydrogen-bond acceptors (Lipinski definition) is 4. The van der Waals surface area contributed by atoms with E-state index in [9.17, 15) is 14.4 Å². The predicted molar refractivity (Wildman–Crippen MR) is 80.0 cm³/mol. The second-order valence-electron chi connectivity index (χ2n) is 5.45. The lowest BCUT2D eigenvalue weighted by atomic mass is 10.1. The van der Waals surface area contributed by atoms with Crippen molar-refractivity contribution in [2.75, 3.05) is 6.54 Å². The second-order valence-corrected chi connectivity index (χ2v) is 5.45. The molecule has 0 spiro atoms. The molecule has 1 fully saturated rings. The van der Waals surface area contributed by atoms with Gasteiger partial charge < -0.3 is 5.11 Å². The van der Waals surface area contributed by atoms with Gasteiger partial charge in [0, 0.05) is 6.54 Å². The molecule has 0 aliphatic carbocycles. The van der Waals surface area contributed by atoms with Crippen molar-refractivity contribution in [2.24, 2.45) is 0 Å². The Kier molecular flexibility index (Phi) is 3.96. The first-order valence-corrected chi connectivity index (χ1v) is 7.27. The third-order valence-electron chi connectivity index (χ3n) is 3.93. The summed E-state index contributed by atoms with van der Waals surface area (Å²) in [6.45, 7) is 0.485. The van der Waals surface area contributed by atoms with Gasteiger partial charge in [-0.2, -0.15) is 5.10 Å². The number of hydrogen-bond donors (Lipinski definition) is 1. The zero-order valence-electron chi connectivity index (χ0n) is 12.3. The van der Waals surface area contributed by atoms with E-state index in [0.29, 0.717) is 13.0 Å². The summed E-state index contributed by atoms with van der Waals surface area (Å²) in [5.41, 5.74) is 0.682. The number of piperidine rings is 1. The van der Waals surface area contributed by atoms with Gasteiger partial charge in [-0.1, -0.05) is 30.3 Å². The van der Waals surface area contributed by atoms with Crippen LogP contribution >= 0.6 is 0 Å². The summed E-state index contributed by atoms with van der Waals surface area (Å²) >= 11 is 0. The van der Waals surface area contributed by atoms with Gasteiger partial charge in [0.15, 0.2) is 0 Å². The Bertz CT molecular complexity index is 780. The van der Waals surface area contributed by atoms with Crippen LogP contribution in [0.5, 0.6) is 0 Å². The van der Waals surface area contributed by atoms with Crippen LogP contribution in [0.15, 0.2) is 41.5 Å². The van der Waals surface area contributed by atoms with E-state index < -0.39 is 18.0 Å². The molecule has 0 bridgehead atoms. The standard InChI is InChI=1S/C15H16N4O4/c20-13-8-12(6-7-18(13)15(22)23)19-14(21)17(10-16-19)9-11-4-2-1-3-5-11/h1-5,10,12H,6-9H2,(H,22,23). The molecule has 3 rings (SSSR count). The number of aromatic nitrogens is 3. The Labute approximate surface area is 131 Å². The average molecular weight is 316 g/mol. The molecule has 1 aliphatic heterocycles. The first-order chi connectivity index (χ1) is 11.1. The van der Waals surface area contributed by atoms with Crippen molar-refractivity contribution in [1.29, 1.82) is 0 Å². The average Bonchev–Trinajstić information content (AvgIpc) is 2.89. The van der Waals surface area contributed by atoms with E-state index >= 15 is 0 Å². The smallest absolute Gasteiger partial charge is 0.414 e. The van der Waals surface area contributed by atoms with Crippen LogP contribution < -0.4 is 5.69 Å². The second kappa shape index (κ2) is 6.07. The number of benzene rings is 1. The number of carboxylic acid groups (broad SMARTS) is 1. The number of imide groups is 1. The minimum absolute atomic E-state index is 0.0332. The number of nitrogens with zero attached hydrogens (tertiary/aromatic N) is 4. The molecule has 23 heavy (non-hydrogen) atoms. The molecule has 1 unspecified atom stereocenters. The number of carbonyl (C=O) groups excluding carboxylic acids is 1. The highest BCUT2D eigenvalue weighted by atomic mass is 16.4. The molecule has 2 heterocycles. The summed E-state index contributed by atoms with van der Waals surface area (Å²) in [6.07, 6.45) is 0.550. The van der Waals surface area contributed by atoms with Gasteiger partial charge in [0.05, 0.1) is 19.0 Å². The van der Waals surface area contributed by atoms with Crippen LogP contribution in [0.2, 0.25) is 0 Å². The summed E-state index contributed by atoms with van der Waals surface area (Å²) in [5, 5.41) is 13.0. The van der Waals surface area contributed by atoms with E-state index in [1.807, 2.05) is 30.3 Å². The van der Waals surface area contributed by atoms with Crippen molar-refractivity contribution < 1.29 is 14.7 Å². The largest absolute Gasteiger partial charge is 0.465 e. The molecule has 120 valence electrons. The summed E-state index contributed by atoms with van der Waals surface area (Å²) in [7, 11) is 0. The van der Waals surface area contributed by atoms with Crippen LogP contribution in [0.3, 0.4) is 0 Å². The predicted octanol–water partition coefficient (Wildman–Crippen LogP) is 0.935. The van der Waals surface area contributed by atoms with Crippen molar-refractivity contribution >= 4 is 12.0 Å². The Morgan fingerprint density at radius 2 is 2.00 bits per heavy atom. The van der Waals surface area contributed by atoms with Gasteiger partial charge in [-0.25, -0.2) is 19.2 Å². The molecule has 8 heteroatoms. The van der Waals surface area contributed by atoms with Crippen LogP contribution in [-0.2, 0) is 11.3 Å². The van der Waals surface area contributed by atoms with Crippen molar-refractivity contribution in [3.05, 3.63) is 52.7 Å². The molecule has 0 radical (unpaired) electrons. The molecular formula is C15H16N4O4. The Hall–Kier alpha value is -2.90. The monoisotopic (exact) mass is 316 g/mol. The quantitative estimate of drug-likeness (QED) is 0.908. The minimum atomic E-state index is -1.25. The van der Waals surface area contributed by atoms with Crippen molar-refractivity contribution in [1.82, 2.24) is 19.2 Å². The lowest BCUT2D eigenvalue weighted by Gasteiger charge is -2.27. The lowest BCUT2D eigenvalue weighted by Crippen LogP contribution is -2.44. The number of carbonyl (C=O) groups is 2. The summed E-state index contributed by atoms with van der Waals surface area (Å²) in [4.78, 5) is 35.9. The van der Waals surface area contributed by atoms with E-state index in [1.165, 1.54) is 15.6 Å². The summed E-state index contributed by atoms with van der Waals surface area (Å²) < 4.78 is 2.75. The Morgan fingerprint density at radius 3 is 2.65 bits per heavy atom. The van der Waals surface area contributed by atoms with Crippen molar-refractivity contribution in [3.63, 3.8) is 0 Å². The number of amides is 2.